The van der Waals surface area contributed by atoms with Crippen LogP contribution in [0.4, 0.5) is 13.2 Å². The predicted molar refractivity (Wildman–Crippen MR) is 152 cm³/mol. The second-order valence-corrected chi connectivity index (χ2v) is 10.5. The van der Waals surface area contributed by atoms with Gasteiger partial charge in [-0.25, -0.2) is 0 Å². The van der Waals surface area contributed by atoms with E-state index in [4.69, 9.17) is 18.9 Å². The summed E-state index contributed by atoms with van der Waals surface area (Å²) in [6.45, 7) is 4.40. The summed E-state index contributed by atoms with van der Waals surface area (Å²) >= 11 is 1.66. The van der Waals surface area contributed by atoms with Gasteiger partial charge >= 0.3 is 6.18 Å². The molecule has 0 aromatic heterocycles. The van der Waals surface area contributed by atoms with Gasteiger partial charge < -0.3 is 18.9 Å². The second-order valence-electron chi connectivity index (χ2n) is 9.48. The highest BCUT2D eigenvalue weighted by molar-refractivity contribution is 7.99. The molecule has 0 aliphatic carbocycles. The molecular weight excluding hydrogens is 537 g/mol. The summed E-state index contributed by atoms with van der Waals surface area (Å²) < 4.78 is 61.5. The lowest BCUT2D eigenvalue weighted by molar-refractivity contribution is -0.380. The zero-order valence-electron chi connectivity index (χ0n) is 22.1. The van der Waals surface area contributed by atoms with Crippen LogP contribution >= 0.6 is 11.8 Å². The van der Waals surface area contributed by atoms with E-state index in [0.29, 0.717) is 18.1 Å². The molecule has 1 saturated heterocycles. The third-order valence-electron chi connectivity index (χ3n) is 6.42. The second kappa shape index (κ2) is 12.4. The molecule has 4 aromatic carbocycles. The van der Waals surface area contributed by atoms with Crippen molar-refractivity contribution in [3.63, 3.8) is 0 Å². The molecule has 0 bridgehead atoms. The molecule has 0 atom stereocenters. The van der Waals surface area contributed by atoms with Gasteiger partial charge in [-0.3, -0.25) is 0 Å². The normalized spacial score (nSPS) is 17.5. The van der Waals surface area contributed by atoms with Gasteiger partial charge in [0.1, 0.15) is 24.7 Å². The molecule has 1 fully saturated rings. The third kappa shape index (κ3) is 7.18. The van der Waals surface area contributed by atoms with E-state index in [1.54, 1.807) is 11.8 Å². The Bertz CT molecular complexity index is 1470. The van der Waals surface area contributed by atoms with Crippen molar-refractivity contribution in [3.05, 3.63) is 107 Å². The van der Waals surface area contributed by atoms with Gasteiger partial charge in [0.05, 0.1) is 5.56 Å². The van der Waals surface area contributed by atoms with E-state index in [-0.39, 0.29) is 19.2 Å². The molecule has 0 saturated carbocycles. The topological polar surface area (TPSA) is 36.9 Å². The fourth-order valence-corrected chi connectivity index (χ4v) is 5.30. The number of fused-ring (bicyclic) bond motifs is 1. The maximum absolute atomic E-state index is 13.0. The van der Waals surface area contributed by atoms with Gasteiger partial charge in [-0.1, -0.05) is 48.5 Å². The number of ether oxygens (including phenoxy) is 4. The minimum atomic E-state index is -4.38. The molecule has 1 aliphatic heterocycles. The largest absolute Gasteiger partial charge is 0.489 e. The fourth-order valence-electron chi connectivity index (χ4n) is 4.36. The van der Waals surface area contributed by atoms with Crippen LogP contribution in [0.3, 0.4) is 0 Å². The molecule has 4 aromatic rings. The van der Waals surface area contributed by atoms with E-state index >= 15 is 0 Å². The lowest BCUT2D eigenvalue weighted by Crippen LogP contribution is -2.42. The molecule has 1 aliphatic rings. The van der Waals surface area contributed by atoms with E-state index < -0.39 is 11.7 Å². The van der Waals surface area contributed by atoms with Crippen molar-refractivity contribution in [2.75, 3.05) is 19.0 Å². The first-order chi connectivity index (χ1) is 19.2. The van der Waals surface area contributed by atoms with Crippen LogP contribution < -0.4 is 9.47 Å². The van der Waals surface area contributed by atoms with Crippen molar-refractivity contribution < 1.29 is 32.1 Å². The number of hydrogen-bond donors (Lipinski definition) is 0. The smallest absolute Gasteiger partial charge is 0.416 e. The average Bonchev–Trinajstić information content (AvgIpc) is 2.92. The highest BCUT2D eigenvalue weighted by Gasteiger charge is 2.30. The van der Waals surface area contributed by atoms with Crippen LogP contribution in [0.15, 0.2) is 95.4 Å². The molecule has 5 rings (SSSR count). The summed E-state index contributed by atoms with van der Waals surface area (Å²) in [5.41, 5.74) is 2.34. The van der Waals surface area contributed by atoms with E-state index in [1.807, 2.05) is 44.2 Å². The molecule has 0 amide bonds. The highest BCUT2D eigenvalue weighted by Crippen LogP contribution is 2.32. The Labute approximate surface area is 235 Å². The lowest BCUT2D eigenvalue weighted by Gasteiger charge is -2.33. The van der Waals surface area contributed by atoms with Crippen LogP contribution in [0.1, 0.15) is 23.6 Å². The van der Waals surface area contributed by atoms with Crippen LogP contribution in [-0.4, -0.2) is 31.5 Å². The molecular formula is C32H29F3O4S. The van der Waals surface area contributed by atoms with Gasteiger partial charge in [-0.15, -0.1) is 11.8 Å². The maximum atomic E-state index is 13.0. The van der Waals surface area contributed by atoms with Crippen molar-refractivity contribution in [2.24, 2.45) is 0 Å². The summed E-state index contributed by atoms with van der Waals surface area (Å²) in [4.78, 5) is 1.06. The number of benzene rings is 4. The Morgan fingerprint density at radius 1 is 0.925 bits per heavy atom. The van der Waals surface area contributed by atoms with Gasteiger partial charge in [0.2, 0.25) is 0 Å². The summed E-state index contributed by atoms with van der Waals surface area (Å²) in [5, 5.41) is 2.25. The van der Waals surface area contributed by atoms with E-state index in [9.17, 15) is 13.2 Å². The fraction of sp³-hybridized carbons (Fsp3) is 0.250. The van der Waals surface area contributed by atoms with Gasteiger partial charge in [0, 0.05) is 10.6 Å². The SMILES string of the molecule is Cc1cc(SCC(=Cc2cccc3ccccc23)COc2ccc(C(F)(F)F)cc2)ccc1OCC1OC(C)O1. The van der Waals surface area contributed by atoms with Gasteiger partial charge in [-0.2, -0.15) is 13.2 Å². The molecule has 0 N–H and O–H groups in total. The zero-order valence-corrected chi connectivity index (χ0v) is 22.9. The van der Waals surface area contributed by atoms with Crippen molar-refractivity contribution in [3.8, 4) is 11.5 Å². The molecule has 0 spiro atoms. The standard InChI is InChI=1S/C32H29F3O4S/c1-21-16-28(14-15-30(21)37-19-31-38-22(2)39-31)40-20-23(17-25-8-5-7-24-6-3-4-9-29(24)25)18-36-27-12-10-26(11-13-27)32(33,34)35/h3-17,22,31H,18-20H2,1-2H3. The molecule has 208 valence electrons. The quantitative estimate of drug-likeness (QED) is 0.180. The van der Waals surface area contributed by atoms with E-state index in [0.717, 1.165) is 50.3 Å². The molecule has 1 heterocycles. The van der Waals surface area contributed by atoms with Crippen LogP contribution in [0, 0.1) is 6.92 Å². The van der Waals surface area contributed by atoms with Crippen LogP contribution in [-0.2, 0) is 15.7 Å². The Hall–Kier alpha value is -3.46. The first-order valence-electron chi connectivity index (χ1n) is 12.9. The molecule has 0 unspecified atom stereocenters. The Balaban J connectivity index is 1.30. The summed E-state index contributed by atoms with van der Waals surface area (Å²) in [5.74, 6) is 1.78. The van der Waals surface area contributed by atoms with Crippen molar-refractivity contribution in [1.82, 2.24) is 0 Å². The Kier molecular flexibility index (Phi) is 8.69. The van der Waals surface area contributed by atoms with Crippen molar-refractivity contribution in [1.29, 1.82) is 0 Å². The number of rotatable bonds is 10. The third-order valence-corrected chi connectivity index (χ3v) is 7.52. The van der Waals surface area contributed by atoms with Crippen LogP contribution in [0.5, 0.6) is 11.5 Å². The van der Waals surface area contributed by atoms with Gasteiger partial charge in [0.25, 0.3) is 0 Å². The minimum absolute atomic E-state index is 0.187. The number of thioether (sulfide) groups is 1. The van der Waals surface area contributed by atoms with E-state index in [1.165, 1.54) is 12.1 Å². The monoisotopic (exact) mass is 566 g/mol. The Morgan fingerprint density at radius 2 is 1.68 bits per heavy atom. The van der Waals surface area contributed by atoms with Crippen LogP contribution in [0.25, 0.3) is 16.8 Å². The molecule has 0 radical (unpaired) electrons. The number of halogens is 3. The predicted octanol–water partition coefficient (Wildman–Crippen LogP) is 8.52. The number of alkyl halides is 3. The van der Waals surface area contributed by atoms with Crippen molar-refractivity contribution in [2.45, 2.75) is 37.5 Å². The first-order valence-corrected chi connectivity index (χ1v) is 13.9. The maximum Gasteiger partial charge on any atom is 0.416 e. The lowest BCUT2D eigenvalue weighted by atomic mass is 10.0. The molecule has 8 heteroatoms. The average molecular weight is 567 g/mol. The first kappa shape index (κ1) is 28.1. The van der Waals surface area contributed by atoms with Crippen LogP contribution in [0.2, 0.25) is 0 Å². The minimum Gasteiger partial charge on any atom is -0.489 e. The Morgan fingerprint density at radius 3 is 2.40 bits per heavy atom. The van der Waals surface area contributed by atoms with Crippen molar-refractivity contribution >= 4 is 28.6 Å². The molecule has 40 heavy (non-hydrogen) atoms. The highest BCUT2D eigenvalue weighted by atomic mass is 32.2. The molecule has 4 nitrogen and oxygen atoms in total. The van der Waals surface area contributed by atoms with E-state index in [2.05, 4.69) is 36.4 Å². The zero-order chi connectivity index (χ0) is 28.1. The summed E-state index contributed by atoms with van der Waals surface area (Å²) in [6, 6.07) is 25.1. The number of hydrogen-bond acceptors (Lipinski definition) is 5. The number of aryl methyl sites for hydroxylation is 1. The summed E-state index contributed by atoms with van der Waals surface area (Å²) in [7, 11) is 0. The van der Waals surface area contributed by atoms with Gasteiger partial charge in [-0.05, 0) is 83.8 Å². The van der Waals surface area contributed by atoms with Gasteiger partial charge in [0.15, 0.2) is 12.6 Å². The summed E-state index contributed by atoms with van der Waals surface area (Å²) in [6.07, 6.45) is -2.81.